The van der Waals surface area contributed by atoms with E-state index in [1.807, 2.05) is 42.5 Å². The molecule has 2 fully saturated rings. The summed E-state index contributed by atoms with van der Waals surface area (Å²) in [5.41, 5.74) is 1.12. The molecule has 4 aliphatic rings. The molecule has 6 unspecified atom stereocenters. The van der Waals surface area contributed by atoms with Gasteiger partial charge in [-0.15, -0.1) is 0 Å². The van der Waals surface area contributed by atoms with Crippen LogP contribution in [0.25, 0.3) is 5.57 Å². The predicted molar refractivity (Wildman–Crippen MR) is 173 cm³/mol. The van der Waals surface area contributed by atoms with E-state index in [2.05, 4.69) is 0 Å². The number of carboxylic acids is 1. The Morgan fingerprint density at radius 3 is 2.32 bits per heavy atom. The number of carboxylic acid groups (broad SMARTS) is 1. The number of benzene rings is 3. The number of hydrogen-bond acceptors (Lipinski definition) is 6. The van der Waals surface area contributed by atoms with E-state index in [0.29, 0.717) is 21.7 Å². The van der Waals surface area contributed by atoms with Crippen LogP contribution in [0.4, 0.5) is 0 Å². The van der Waals surface area contributed by atoms with Crippen LogP contribution in [0.3, 0.4) is 0 Å². The van der Waals surface area contributed by atoms with Crippen LogP contribution in [0, 0.1) is 23.7 Å². The third-order valence-electron chi connectivity index (χ3n) is 10.5. The number of carbonyl (C=O) groups excluding carboxylic acids is 4. The molecule has 1 saturated carbocycles. The molecule has 2 amide bonds. The lowest BCUT2D eigenvalue weighted by molar-refractivity contribution is -0.142. The van der Waals surface area contributed by atoms with E-state index in [1.54, 1.807) is 36.4 Å². The van der Waals surface area contributed by atoms with Crippen molar-refractivity contribution in [3.05, 3.63) is 118 Å². The zero-order valence-corrected chi connectivity index (χ0v) is 26.1. The van der Waals surface area contributed by atoms with Crippen LogP contribution in [0.15, 0.2) is 96.6 Å². The number of phenols is 1. The van der Waals surface area contributed by atoms with Crippen molar-refractivity contribution in [1.29, 1.82) is 0 Å². The topological polar surface area (TPSA) is 129 Å². The van der Waals surface area contributed by atoms with Crippen LogP contribution in [-0.4, -0.2) is 51.0 Å². The van der Waals surface area contributed by atoms with Gasteiger partial charge in [0.2, 0.25) is 11.8 Å². The fourth-order valence-corrected chi connectivity index (χ4v) is 8.83. The molecular weight excluding hydrogens is 618 g/mol. The molecule has 9 heteroatoms. The van der Waals surface area contributed by atoms with Crippen molar-refractivity contribution in [2.75, 3.05) is 6.54 Å². The first-order valence-electron chi connectivity index (χ1n) is 15.8. The summed E-state index contributed by atoms with van der Waals surface area (Å²) in [6.07, 6.45) is 3.67. The van der Waals surface area contributed by atoms with E-state index in [9.17, 15) is 29.1 Å². The molecule has 0 bridgehead atoms. The number of fused-ring (bicyclic) bond motifs is 4. The molecule has 0 aromatic heterocycles. The van der Waals surface area contributed by atoms with E-state index in [-0.39, 0.29) is 61.0 Å². The Labute approximate surface area is 276 Å². The van der Waals surface area contributed by atoms with Crippen molar-refractivity contribution in [3.63, 3.8) is 0 Å². The Morgan fingerprint density at radius 1 is 0.915 bits per heavy atom. The third kappa shape index (κ3) is 4.76. The number of allylic oxidation sites excluding steroid dienone is 4. The zero-order valence-electron chi connectivity index (χ0n) is 25.3. The highest BCUT2D eigenvalue weighted by Gasteiger charge is 2.66. The SMILES string of the molecule is O=C(O)CCCN1C(=O)C2CC=C3C(CC4C(=O)C(c5ccccc5)=CC(=O)C4(c4ccccc4)C3c3cc(Cl)ccc3O)C2C1=O. The number of halogens is 1. The molecule has 3 aromatic carbocycles. The lowest BCUT2D eigenvalue weighted by atomic mass is 9.44. The highest BCUT2D eigenvalue weighted by molar-refractivity contribution is 6.32. The Hall–Kier alpha value is -4.82. The number of Topliss-reactive ketones (excluding diaryl/α,β-unsaturated/α-hetero) is 1. The molecule has 8 nitrogen and oxygen atoms in total. The number of amides is 2. The molecule has 1 heterocycles. The molecular formula is C38H32ClNO7. The maximum absolute atomic E-state index is 15.0. The van der Waals surface area contributed by atoms with Gasteiger partial charge in [-0.05, 0) is 60.6 Å². The number of carbonyl (C=O) groups is 5. The van der Waals surface area contributed by atoms with Crippen molar-refractivity contribution >= 4 is 46.5 Å². The summed E-state index contributed by atoms with van der Waals surface area (Å²) in [5.74, 6) is -6.25. The summed E-state index contributed by atoms with van der Waals surface area (Å²) in [5, 5.41) is 20.9. The molecule has 0 radical (unpaired) electrons. The molecule has 7 rings (SSSR count). The number of likely N-dealkylation sites (tertiary alicyclic amines) is 1. The van der Waals surface area contributed by atoms with Gasteiger partial charge in [-0.2, -0.15) is 0 Å². The highest BCUT2D eigenvalue weighted by atomic mass is 35.5. The zero-order chi connectivity index (χ0) is 33.0. The van der Waals surface area contributed by atoms with E-state index in [1.165, 1.54) is 17.0 Å². The van der Waals surface area contributed by atoms with Gasteiger partial charge < -0.3 is 10.2 Å². The van der Waals surface area contributed by atoms with Gasteiger partial charge in [-0.3, -0.25) is 28.9 Å². The summed E-state index contributed by atoms with van der Waals surface area (Å²) in [7, 11) is 0. The number of nitrogens with zero attached hydrogens (tertiary/aromatic N) is 1. The lowest BCUT2D eigenvalue weighted by Gasteiger charge is -2.55. The Bertz CT molecular complexity index is 1880. The first-order chi connectivity index (χ1) is 22.6. The second kappa shape index (κ2) is 11.8. The molecule has 3 aromatic rings. The molecule has 2 N–H and O–H groups in total. The Kier molecular flexibility index (Phi) is 7.71. The second-order valence-corrected chi connectivity index (χ2v) is 13.3. The minimum atomic E-state index is -1.47. The van der Waals surface area contributed by atoms with E-state index < -0.39 is 46.9 Å². The van der Waals surface area contributed by atoms with Crippen molar-refractivity contribution in [3.8, 4) is 5.75 Å². The number of ketones is 2. The smallest absolute Gasteiger partial charge is 0.303 e. The molecule has 238 valence electrons. The number of aromatic hydroxyl groups is 1. The lowest BCUT2D eigenvalue weighted by Crippen LogP contribution is -2.58. The largest absolute Gasteiger partial charge is 0.508 e. The standard InChI is InChI=1S/C38H32ClNO7/c39-23-13-16-30(41)28(18-23)34-24-14-15-25-33(37(47)40(36(25)46)17-7-12-32(43)44)27(24)19-29-35(45)26(21-8-3-1-4-9-21)20-31(42)38(29,34)22-10-5-2-6-11-22/h1-6,8-11,13-14,16,18,20,25,27,29,33-34,41H,7,12,15,17,19H2,(H,43,44). The van der Waals surface area contributed by atoms with Gasteiger partial charge in [0, 0.05) is 41.0 Å². The summed E-state index contributed by atoms with van der Waals surface area (Å²) >= 11 is 6.53. The molecule has 3 aliphatic carbocycles. The number of rotatable bonds is 7. The summed E-state index contributed by atoms with van der Waals surface area (Å²) in [4.78, 5) is 69.8. The number of phenolic OH excluding ortho intramolecular Hbond substituents is 1. The summed E-state index contributed by atoms with van der Waals surface area (Å²) in [6.45, 7) is -0.00673. The van der Waals surface area contributed by atoms with Gasteiger partial charge in [0.25, 0.3) is 0 Å². The average Bonchev–Trinajstić information content (AvgIpc) is 3.32. The van der Waals surface area contributed by atoms with E-state index in [4.69, 9.17) is 16.7 Å². The van der Waals surface area contributed by atoms with Gasteiger partial charge in [-0.25, -0.2) is 0 Å². The third-order valence-corrected chi connectivity index (χ3v) is 10.8. The molecule has 6 atom stereocenters. The van der Waals surface area contributed by atoms with Crippen LogP contribution in [0.1, 0.15) is 48.3 Å². The van der Waals surface area contributed by atoms with Crippen LogP contribution in [0.5, 0.6) is 5.75 Å². The van der Waals surface area contributed by atoms with Gasteiger partial charge in [0.15, 0.2) is 11.6 Å². The fraction of sp³-hybridized carbons (Fsp3) is 0.289. The van der Waals surface area contributed by atoms with Crippen LogP contribution < -0.4 is 0 Å². The number of imide groups is 1. The maximum atomic E-state index is 15.0. The minimum Gasteiger partial charge on any atom is -0.508 e. The summed E-state index contributed by atoms with van der Waals surface area (Å²) < 4.78 is 0. The average molecular weight is 650 g/mol. The van der Waals surface area contributed by atoms with Crippen molar-refractivity contribution in [2.45, 2.75) is 37.0 Å². The molecule has 1 aliphatic heterocycles. The van der Waals surface area contributed by atoms with Gasteiger partial charge in [0.1, 0.15) is 5.75 Å². The second-order valence-electron chi connectivity index (χ2n) is 12.8. The first kappa shape index (κ1) is 30.8. The normalized spacial score (nSPS) is 28.3. The van der Waals surface area contributed by atoms with E-state index in [0.717, 1.165) is 5.57 Å². The van der Waals surface area contributed by atoms with Crippen molar-refractivity contribution in [2.24, 2.45) is 23.7 Å². The number of hydrogen-bond donors (Lipinski definition) is 2. The predicted octanol–water partition coefficient (Wildman–Crippen LogP) is 5.73. The Balaban J connectivity index is 1.45. The monoisotopic (exact) mass is 649 g/mol. The summed E-state index contributed by atoms with van der Waals surface area (Å²) in [6, 6.07) is 22.8. The molecule has 1 saturated heterocycles. The van der Waals surface area contributed by atoms with Crippen LogP contribution in [-0.2, 0) is 29.4 Å². The highest BCUT2D eigenvalue weighted by Crippen LogP contribution is 2.64. The first-order valence-corrected chi connectivity index (χ1v) is 16.2. The molecule has 0 spiro atoms. The van der Waals surface area contributed by atoms with E-state index >= 15 is 0 Å². The van der Waals surface area contributed by atoms with Crippen molar-refractivity contribution in [1.82, 2.24) is 4.90 Å². The van der Waals surface area contributed by atoms with Gasteiger partial charge >= 0.3 is 5.97 Å². The molecule has 47 heavy (non-hydrogen) atoms. The Morgan fingerprint density at radius 2 is 1.62 bits per heavy atom. The minimum absolute atomic E-state index is 0.00673. The number of aliphatic carboxylic acids is 1. The maximum Gasteiger partial charge on any atom is 0.303 e. The van der Waals surface area contributed by atoms with Crippen LogP contribution in [0.2, 0.25) is 5.02 Å². The van der Waals surface area contributed by atoms with Crippen molar-refractivity contribution < 1.29 is 34.2 Å². The fourth-order valence-electron chi connectivity index (χ4n) is 8.65. The van der Waals surface area contributed by atoms with Crippen LogP contribution >= 0.6 is 11.6 Å². The van der Waals surface area contributed by atoms with Gasteiger partial charge in [0.05, 0.1) is 17.3 Å². The van der Waals surface area contributed by atoms with Gasteiger partial charge in [-0.1, -0.05) is 83.9 Å². The quantitative estimate of drug-likeness (QED) is 0.247.